The van der Waals surface area contributed by atoms with Gasteiger partial charge >= 0.3 is 5.97 Å². The van der Waals surface area contributed by atoms with E-state index in [-0.39, 0.29) is 5.02 Å². The van der Waals surface area contributed by atoms with Crippen LogP contribution in [0.15, 0.2) is 12.1 Å². The van der Waals surface area contributed by atoms with Crippen molar-refractivity contribution in [2.75, 3.05) is 13.2 Å². The minimum Gasteiger partial charge on any atom is -0.486 e. The van der Waals surface area contributed by atoms with Gasteiger partial charge < -0.3 is 19.9 Å². The SMILES string of the molecule is CC(=O)NC(C(=O)O)c1cc(Cl)c2c(c1)OCCO2. The summed E-state index contributed by atoms with van der Waals surface area (Å²) in [5.41, 5.74) is 0.331. The van der Waals surface area contributed by atoms with Crippen LogP contribution >= 0.6 is 11.6 Å². The molecule has 1 aliphatic heterocycles. The molecule has 0 aliphatic carbocycles. The first-order valence-corrected chi connectivity index (χ1v) is 5.96. The first kappa shape index (κ1) is 13.5. The van der Waals surface area contributed by atoms with Crippen molar-refractivity contribution in [3.63, 3.8) is 0 Å². The zero-order chi connectivity index (χ0) is 14.0. The van der Waals surface area contributed by atoms with Crippen LogP contribution in [0, 0.1) is 0 Å². The Bertz CT molecular complexity index is 531. The number of amides is 1. The van der Waals surface area contributed by atoms with E-state index in [1.54, 1.807) is 0 Å². The monoisotopic (exact) mass is 285 g/mol. The normalized spacial score (nSPS) is 14.6. The summed E-state index contributed by atoms with van der Waals surface area (Å²) in [7, 11) is 0. The highest BCUT2D eigenvalue weighted by molar-refractivity contribution is 6.32. The van der Waals surface area contributed by atoms with Crippen molar-refractivity contribution < 1.29 is 24.2 Å². The van der Waals surface area contributed by atoms with Gasteiger partial charge in [-0.05, 0) is 17.7 Å². The molecule has 0 aromatic heterocycles. The van der Waals surface area contributed by atoms with E-state index >= 15 is 0 Å². The number of nitrogens with one attached hydrogen (secondary N) is 1. The Hall–Kier alpha value is -1.95. The second-order valence-electron chi connectivity index (χ2n) is 4.00. The van der Waals surface area contributed by atoms with Crippen LogP contribution in [0.25, 0.3) is 0 Å². The van der Waals surface area contributed by atoms with Crippen molar-refractivity contribution in [3.05, 3.63) is 22.7 Å². The fraction of sp³-hybridized carbons (Fsp3) is 0.333. The lowest BCUT2D eigenvalue weighted by atomic mass is 10.1. The van der Waals surface area contributed by atoms with Crippen molar-refractivity contribution in [1.82, 2.24) is 5.32 Å². The number of hydrogen-bond acceptors (Lipinski definition) is 4. The molecule has 1 heterocycles. The fourth-order valence-electron chi connectivity index (χ4n) is 1.79. The van der Waals surface area contributed by atoms with Gasteiger partial charge in [0, 0.05) is 6.92 Å². The Morgan fingerprint density at radius 2 is 2.05 bits per heavy atom. The number of aliphatic carboxylic acids is 1. The van der Waals surface area contributed by atoms with Crippen molar-refractivity contribution in [2.45, 2.75) is 13.0 Å². The van der Waals surface area contributed by atoms with Crippen LogP contribution in [-0.2, 0) is 9.59 Å². The summed E-state index contributed by atoms with van der Waals surface area (Å²) in [6.07, 6.45) is 0. The summed E-state index contributed by atoms with van der Waals surface area (Å²) >= 11 is 6.02. The van der Waals surface area contributed by atoms with E-state index in [1.165, 1.54) is 19.1 Å². The molecular formula is C12H12ClNO5. The molecule has 0 saturated heterocycles. The molecule has 1 aromatic carbocycles. The first-order valence-electron chi connectivity index (χ1n) is 5.58. The molecule has 102 valence electrons. The number of hydrogen-bond donors (Lipinski definition) is 2. The second-order valence-corrected chi connectivity index (χ2v) is 4.41. The predicted octanol–water partition coefficient (Wildman–Crippen LogP) is 1.37. The Labute approximate surface area is 114 Å². The molecule has 1 unspecified atom stereocenters. The quantitative estimate of drug-likeness (QED) is 0.876. The second kappa shape index (κ2) is 5.36. The maximum absolute atomic E-state index is 11.2. The zero-order valence-corrected chi connectivity index (χ0v) is 10.9. The van der Waals surface area contributed by atoms with Crippen LogP contribution in [0.1, 0.15) is 18.5 Å². The van der Waals surface area contributed by atoms with E-state index in [0.29, 0.717) is 30.3 Å². The van der Waals surface area contributed by atoms with E-state index in [9.17, 15) is 9.59 Å². The minimum atomic E-state index is -1.18. The molecule has 0 fully saturated rings. The number of carboxylic acid groups (broad SMARTS) is 1. The molecule has 1 amide bonds. The number of halogens is 1. The van der Waals surface area contributed by atoms with Gasteiger partial charge in [-0.1, -0.05) is 11.6 Å². The lowest BCUT2D eigenvalue weighted by Crippen LogP contribution is -2.32. The highest BCUT2D eigenvalue weighted by Crippen LogP contribution is 2.39. The van der Waals surface area contributed by atoms with Gasteiger partial charge in [0.05, 0.1) is 5.02 Å². The van der Waals surface area contributed by atoms with Crippen molar-refractivity contribution in [1.29, 1.82) is 0 Å². The standard InChI is InChI=1S/C12H12ClNO5/c1-6(15)14-10(12(16)17)7-4-8(13)11-9(5-7)18-2-3-19-11/h4-5,10H,2-3H2,1H3,(H,14,15)(H,16,17). The average Bonchev–Trinajstić information content (AvgIpc) is 2.35. The molecule has 0 radical (unpaired) electrons. The minimum absolute atomic E-state index is 0.254. The molecule has 1 aromatic rings. The Balaban J connectivity index is 2.40. The number of carbonyl (C=O) groups is 2. The lowest BCUT2D eigenvalue weighted by Gasteiger charge is -2.22. The van der Waals surface area contributed by atoms with Crippen LogP contribution in [0.3, 0.4) is 0 Å². The van der Waals surface area contributed by atoms with Crippen LogP contribution < -0.4 is 14.8 Å². The summed E-state index contributed by atoms with van der Waals surface area (Å²) in [6.45, 7) is 2.00. The first-order chi connectivity index (χ1) is 8.99. The van der Waals surface area contributed by atoms with Crippen LogP contribution in [0.2, 0.25) is 5.02 Å². The van der Waals surface area contributed by atoms with E-state index < -0.39 is 17.9 Å². The molecular weight excluding hydrogens is 274 g/mol. The molecule has 1 aliphatic rings. The maximum Gasteiger partial charge on any atom is 0.330 e. The van der Waals surface area contributed by atoms with E-state index in [4.69, 9.17) is 26.2 Å². The number of rotatable bonds is 3. The lowest BCUT2D eigenvalue weighted by molar-refractivity contribution is -0.141. The maximum atomic E-state index is 11.2. The molecule has 0 bridgehead atoms. The number of carbonyl (C=O) groups excluding carboxylic acids is 1. The highest BCUT2D eigenvalue weighted by Gasteiger charge is 2.25. The van der Waals surface area contributed by atoms with Gasteiger partial charge in [0.1, 0.15) is 13.2 Å². The molecule has 0 spiro atoms. The topological polar surface area (TPSA) is 84.9 Å². The largest absolute Gasteiger partial charge is 0.486 e. The smallest absolute Gasteiger partial charge is 0.330 e. The van der Waals surface area contributed by atoms with Gasteiger partial charge in [0.2, 0.25) is 5.91 Å². The molecule has 19 heavy (non-hydrogen) atoms. The summed E-state index contributed by atoms with van der Waals surface area (Å²) in [4.78, 5) is 22.2. The highest BCUT2D eigenvalue weighted by atomic mass is 35.5. The summed E-state index contributed by atoms with van der Waals surface area (Å²) < 4.78 is 10.7. The van der Waals surface area contributed by atoms with E-state index in [2.05, 4.69) is 5.32 Å². The van der Waals surface area contributed by atoms with Gasteiger partial charge in [-0.2, -0.15) is 0 Å². The third kappa shape index (κ3) is 2.90. The summed E-state index contributed by atoms with van der Waals surface area (Å²) in [6, 6.07) is 1.78. The third-order valence-electron chi connectivity index (χ3n) is 2.55. The molecule has 2 N–H and O–H groups in total. The molecule has 6 nitrogen and oxygen atoms in total. The van der Waals surface area contributed by atoms with Gasteiger partial charge in [-0.3, -0.25) is 4.79 Å². The van der Waals surface area contributed by atoms with Gasteiger partial charge in [-0.25, -0.2) is 4.79 Å². The Morgan fingerprint density at radius 3 is 2.68 bits per heavy atom. The molecule has 2 rings (SSSR count). The Morgan fingerprint density at radius 1 is 1.37 bits per heavy atom. The van der Waals surface area contributed by atoms with Crippen molar-refractivity contribution in [3.8, 4) is 11.5 Å². The van der Waals surface area contributed by atoms with Gasteiger partial charge in [0.15, 0.2) is 17.5 Å². The van der Waals surface area contributed by atoms with Crippen LogP contribution in [-0.4, -0.2) is 30.2 Å². The van der Waals surface area contributed by atoms with E-state index in [0.717, 1.165) is 0 Å². The van der Waals surface area contributed by atoms with Crippen molar-refractivity contribution >= 4 is 23.5 Å². The number of carboxylic acids is 1. The third-order valence-corrected chi connectivity index (χ3v) is 2.83. The zero-order valence-electron chi connectivity index (χ0n) is 10.1. The van der Waals surface area contributed by atoms with Crippen molar-refractivity contribution in [2.24, 2.45) is 0 Å². The number of benzene rings is 1. The van der Waals surface area contributed by atoms with Crippen LogP contribution in [0.4, 0.5) is 0 Å². The summed E-state index contributed by atoms with van der Waals surface area (Å²) in [5.74, 6) is -0.852. The van der Waals surface area contributed by atoms with Crippen LogP contribution in [0.5, 0.6) is 11.5 Å². The van der Waals surface area contributed by atoms with E-state index in [1.807, 2.05) is 0 Å². The van der Waals surface area contributed by atoms with Gasteiger partial charge in [-0.15, -0.1) is 0 Å². The Kier molecular flexibility index (Phi) is 3.80. The fourth-order valence-corrected chi connectivity index (χ4v) is 2.06. The molecule has 1 atom stereocenters. The summed E-state index contributed by atoms with van der Waals surface area (Å²) in [5, 5.41) is 11.7. The molecule has 0 saturated carbocycles. The number of fused-ring (bicyclic) bond motifs is 1. The predicted molar refractivity (Wildman–Crippen MR) is 66.6 cm³/mol. The average molecular weight is 286 g/mol. The molecule has 7 heteroatoms. The van der Waals surface area contributed by atoms with Gasteiger partial charge in [0.25, 0.3) is 0 Å². The number of ether oxygens (including phenoxy) is 2.